The van der Waals surface area contributed by atoms with Crippen molar-refractivity contribution in [1.29, 1.82) is 0 Å². The second-order valence-electron chi connectivity index (χ2n) is 4.99. The number of ether oxygens (including phenoxy) is 1. The Labute approximate surface area is 150 Å². The lowest BCUT2D eigenvalue weighted by atomic mass is 10.3. The van der Waals surface area contributed by atoms with Crippen LogP contribution in [0, 0.1) is 6.92 Å². The third kappa shape index (κ3) is 3.37. The number of aromatic nitrogens is 2. The summed E-state index contributed by atoms with van der Waals surface area (Å²) >= 11 is 2.52. The third-order valence-corrected chi connectivity index (χ3v) is 5.22. The van der Waals surface area contributed by atoms with Crippen LogP contribution in [-0.4, -0.2) is 34.7 Å². The monoisotopic (exact) mass is 375 g/mol. The van der Waals surface area contributed by atoms with Crippen LogP contribution in [0.25, 0.3) is 0 Å². The molecule has 0 aliphatic carbocycles. The Morgan fingerprint density at radius 1 is 1.16 bits per heavy atom. The second kappa shape index (κ2) is 6.99. The van der Waals surface area contributed by atoms with Crippen LogP contribution in [0.1, 0.15) is 36.1 Å². The Hall–Kier alpha value is -2.78. The van der Waals surface area contributed by atoms with E-state index in [1.54, 1.807) is 11.4 Å². The van der Waals surface area contributed by atoms with Gasteiger partial charge in [-0.3, -0.25) is 9.59 Å². The van der Waals surface area contributed by atoms with Crippen molar-refractivity contribution in [3.63, 3.8) is 0 Å². The molecule has 0 aliphatic heterocycles. The molecule has 0 saturated heterocycles. The lowest BCUT2D eigenvalue weighted by molar-refractivity contribution is 0.0602. The number of thiophene rings is 2. The molecule has 1 amide bonds. The number of anilines is 1. The number of amides is 1. The number of carbonyl (C=O) groups excluding carboxylic acids is 3. The number of hydrogen-bond donors (Lipinski definition) is 1. The number of rotatable bonds is 4. The molecule has 128 valence electrons. The van der Waals surface area contributed by atoms with Crippen LogP contribution in [0.15, 0.2) is 35.2 Å². The fourth-order valence-electron chi connectivity index (χ4n) is 2.10. The molecule has 0 unspecified atom stereocenters. The lowest BCUT2D eigenvalue weighted by Crippen LogP contribution is -2.17. The van der Waals surface area contributed by atoms with E-state index in [0.717, 1.165) is 10.2 Å². The zero-order valence-electron chi connectivity index (χ0n) is 13.3. The summed E-state index contributed by atoms with van der Waals surface area (Å²) in [7, 11) is 1.27. The maximum absolute atomic E-state index is 12.4. The molecule has 3 rings (SSSR count). The molecule has 0 aromatic carbocycles. The number of esters is 1. The van der Waals surface area contributed by atoms with Gasteiger partial charge in [0.1, 0.15) is 5.00 Å². The molecule has 9 heteroatoms. The minimum absolute atomic E-state index is 0.0757. The molecule has 3 aromatic heterocycles. The predicted molar refractivity (Wildman–Crippen MR) is 94.6 cm³/mol. The summed E-state index contributed by atoms with van der Waals surface area (Å²) < 4.78 is 5.79. The summed E-state index contributed by atoms with van der Waals surface area (Å²) in [4.78, 5) is 36.9. The van der Waals surface area contributed by atoms with Gasteiger partial charge in [0.15, 0.2) is 5.69 Å². The van der Waals surface area contributed by atoms with Crippen molar-refractivity contribution in [2.45, 2.75) is 6.92 Å². The Balaban J connectivity index is 1.78. The highest BCUT2D eigenvalue weighted by molar-refractivity contribution is 7.14. The van der Waals surface area contributed by atoms with E-state index in [0.29, 0.717) is 9.88 Å². The van der Waals surface area contributed by atoms with Crippen LogP contribution < -0.4 is 5.32 Å². The highest BCUT2D eigenvalue weighted by Gasteiger charge is 2.19. The molecule has 0 fully saturated rings. The average molecular weight is 375 g/mol. The molecular weight excluding hydrogens is 362 g/mol. The standard InChI is InChI=1S/C16H13N3O4S2/c1-9-4-7-24-12(9)15(21)19-6-3-11(18-19)13(20)17-14-10(5-8-25-14)16(22)23-2/h3-8H,1-2H3,(H,17,20). The van der Waals surface area contributed by atoms with E-state index >= 15 is 0 Å². The summed E-state index contributed by atoms with van der Waals surface area (Å²) in [5.41, 5.74) is 1.20. The molecule has 25 heavy (non-hydrogen) atoms. The van der Waals surface area contributed by atoms with Crippen LogP contribution in [0.5, 0.6) is 0 Å². The molecule has 3 aromatic rings. The minimum Gasteiger partial charge on any atom is -0.465 e. The SMILES string of the molecule is COC(=O)c1ccsc1NC(=O)c1ccn(C(=O)c2sccc2C)n1. The lowest BCUT2D eigenvalue weighted by Gasteiger charge is -2.03. The quantitative estimate of drug-likeness (QED) is 0.708. The van der Waals surface area contributed by atoms with E-state index < -0.39 is 11.9 Å². The fourth-order valence-corrected chi connectivity index (χ4v) is 3.72. The normalized spacial score (nSPS) is 10.5. The van der Waals surface area contributed by atoms with Crippen molar-refractivity contribution in [2.24, 2.45) is 0 Å². The summed E-state index contributed by atoms with van der Waals surface area (Å²) in [6.45, 7) is 1.84. The average Bonchev–Trinajstić information content (AvgIpc) is 3.33. The van der Waals surface area contributed by atoms with Gasteiger partial charge in [0.05, 0.1) is 17.6 Å². The van der Waals surface area contributed by atoms with E-state index in [1.807, 2.05) is 18.4 Å². The van der Waals surface area contributed by atoms with Crippen LogP contribution in [0.2, 0.25) is 0 Å². The molecule has 1 N–H and O–H groups in total. The zero-order chi connectivity index (χ0) is 18.0. The third-order valence-electron chi connectivity index (χ3n) is 3.38. The summed E-state index contributed by atoms with van der Waals surface area (Å²) in [6, 6.07) is 4.86. The molecule has 0 spiro atoms. The van der Waals surface area contributed by atoms with E-state index in [1.165, 1.54) is 42.0 Å². The van der Waals surface area contributed by atoms with Crippen LogP contribution >= 0.6 is 22.7 Å². The largest absolute Gasteiger partial charge is 0.465 e. The van der Waals surface area contributed by atoms with Crippen molar-refractivity contribution < 1.29 is 19.1 Å². The molecule has 7 nitrogen and oxygen atoms in total. The number of nitrogens with zero attached hydrogens (tertiary/aromatic N) is 2. The molecule has 0 atom stereocenters. The predicted octanol–water partition coefficient (Wildman–Crippen LogP) is 3.04. The Morgan fingerprint density at radius 3 is 2.60 bits per heavy atom. The number of carbonyl (C=O) groups is 3. The van der Waals surface area contributed by atoms with Crippen LogP contribution in [0.4, 0.5) is 5.00 Å². The fraction of sp³-hybridized carbons (Fsp3) is 0.125. The van der Waals surface area contributed by atoms with Gasteiger partial charge in [-0.1, -0.05) is 0 Å². The highest BCUT2D eigenvalue weighted by atomic mass is 32.1. The molecular formula is C16H13N3O4S2. The van der Waals surface area contributed by atoms with Gasteiger partial charge in [-0.15, -0.1) is 22.7 Å². The Kier molecular flexibility index (Phi) is 4.77. The first-order valence-electron chi connectivity index (χ1n) is 7.13. The molecule has 0 bridgehead atoms. The zero-order valence-corrected chi connectivity index (χ0v) is 14.9. The van der Waals surface area contributed by atoms with Crippen molar-refractivity contribution >= 4 is 45.5 Å². The van der Waals surface area contributed by atoms with Crippen molar-refractivity contribution in [3.05, 3.63) is 56.9 Å². The van der Waals surface area contributed by atoms with Gasteiger partial charge in [-0.25, -0.2) is 9.48 Å². The first-order valence-corrected chi connectivity index (χ1v) is 8.89. The molecule has 0 radical (unpaired) electrons. The number of aryl methyl sites for hydroxylation is 1. The van der Waals surface area contributed by atoms with Gasteiger partial charge in [0, 0.05) is 6.20 Å². The number of hydrogen-bond acceptors (Lipinski definition) is 7. The van der Waals surface area contributed by atoms with E-state index in [-0.39, 0.29) is 17.2 Å². The van der Waals surface area contributed by atoms with Gasteiger partial charge < -0.3 is 10.1 Å². The van der Waals surface area contributed by atoms with Crippen molar-refractivity contribution in [3.8, 4) is 0 Å². The Morgan fingerprint density at radius 2 is 1.92 bits per heavy atom. The van der Waals surface area contributed by atoms with Gasteiger partial charge in [0.2, 0.25) is 0 Å². The maximum atomic E-state index is 12.4. The minimum atomic E-state index is -0.537. The molecule has 0 aliphatic rings. The van der Waals surface area contributed by atoms with E-state index in [4.69, 9.17) is 0 Å². The van der Waals surface area contributed by atoms with Gasteiger partial charge in [-0.05, 0) is 41.4 Å². The van der Waals surface area contributed by atoms with Crippen molar-refractivity contribution in [1.82, 2.24) is 9.78 Å². The smallest absolute Gasteiger partial charge is 0.340 e. The first kappa shape index (κ1) is 17.1. The number of methoxy groups -OCH3 is 1. The van der Waals surface area contributed by atoms with Gasteiger partial charge in [-0.2, -0.15) is 5.10 Å². The van der Waals surface area contributed by atoms with Crippen LogP contribution in [-0.2, 0) is 4.74 Å². The number of nitrogens with one attached hydrogen (secondary N) is 1. The topological polar surface area (TPSA) is 90.3 Å². The first-order chi connectivity index (χ1) is 12.0. The second-order valence-corrected chi connectivity index (χ2v) is 6.82. The summed E-state index contributed by atoms with van der Waals surface area (Å²) in [5.74, 6) is -1.34. The Bertz CT molecular complexity index is 954. The highest BCUT2D eigenvalue weighted by Crippen LogP contribution is 2.24. The van der Waals surface area contributed by atoms with Gasteiger partial charge in [0.25, 0.3) is 11.8 Å². The molecule has 0 saturated carbocycles. The van der Waals surface area contributed by atoms with E-state index in [9.17, 15) is 14.4 Å². The van der Waals surface area contributed by atoms with Crippen LogP contribution in [0.3, 0.4) is 0 Å². The summed E-state index contributed by atoms with van der Waals surface area (Å²) in [5, 5.41) is 10.5. The maximum Gasteiger partial charge on any atom is 0.340 e. The van der Waals surface area contributed by atoms with Crippen molar-refractivity contribution in [2.75, 3.05) is 12.4 Å². The molecule has 3 heterocycles. The summed E-state index contributed by atoms with van der Waals surface area (Å²) in [6.07, 6.45) is 1.44. The van der Waals surface area contributed by atoms with E-state index in [2.05, 4.69) is 15.2 Å². The van der Waals surface area contributed by atoms with Gasteiger partial charge >= 0.3 is 5.97 Å².